The molecule has 0 amide bonds. The van der Waals surface area contributed by atoms with E-state index >= 15 is 0 Å². The molecule has 0 saturated carbocycles. The molecule has 10 rings (SSSR count). The minimum Gasteiger partial charge on any atom is -0.278 e. The average molecular weight is 687 g/mol. The quantitative estimate of drug-likeness (QED) is 0.181. The Balaban J connectivity index is 1.12. The van der Waals surface area contributed by atoms with Crippen LogP contribution in [0, 0.1) is 0 Å². The van der Waals surface area contributed by atoms with Gasteiger partial charge in [0.1, 0.15) is 9.73 Å². The molecule has 2 aromatic heterocycles. The Morgan fingerprint density at radius 2 is 1.13 bits per heavy atom. The summed E-state index contributed by atoms with van der Waals surface area (Å²) in [7, 11) is -2.79. The van der Waals surface area contributed by atoms with Crippen LogP contribution in [0.2, 0.25) is 0 Å². The summed E-state index contributed by atoms with van der Waals surface area (Å²) in [5.74, 6) is 0.636. The Morgan fingerprint density at radius 1 is 0.481 bits per heavy atom. The summed E-state index contributed by atoms with van der Waals surface area (Å²) < 4.78 is 21.3. The van der Waals surface area contributed by atoms with Gasteiger partial charge in [0.15, 0.2) is 0 Å². The van der Waals surface area contributed by atoms with Gasteiger partial charge in [0.2, 0.25) is 5.95 Å². The lowest BCUT2D eigenvalue weighted by Crippen LogP contribution is -2.09. The number of rotatable bonds is 5. The zero-order chi connectivity index (χ0) is 34.6. The molecular formula is C46H30N4OS. The smallest absolute Gasteiger partial charge is 0.235 e. The van der Waals surface area contributed by atoms with Gasteiger partial charge in [-0.3, -0.25) is 4.57 Å². The van der Waals surface area contributed by atoms with Gasteiger partial charge in [-0.15, -0.1) is 0 Å². The average Bonchev–Trinajstić information content (AvgIpc) is 3.55. The largest absolute Gasteiger partial charge is 0.278 e. The summed E-state index contributed by atoms with van der Waals surface area (Å²) in [5.41, 5.74) is 10.0. The van der Waals surface area contributed by atoms with Gasteiger partial charge >= 0.3 is 0 Å². The molecule has 1 aliphatic heterocycles. The number of para-hydroxylation sites is 2. The Labute approximate surface area is 301 Å². The minimum absolute atomic E-state index is 0.636. The maximum Gasteiger partial charge on any atom is 0.235 e. The minimum atomic E-state index is -2.79. The molecule has 7 aromatic carbocycles. The Hall–Kier alpha value is -6.63. The van der Waals surface area contributed by atoms with Gasteiger partial charge in [-0.25, -0.2) is 14.2 Å². The van der Waals surface area contributed by atoms with Gasteiger partial charge in [0.25, 0.3) is 0 Å². The third-order valence-electron chi connectivity index (χ3n) is 9.89. The first-order chi connectivity index (χ1) is 25.7. The predicted octanol–water partition coefficient (Wildman–Crippen LogP) is 11.3. The summed E-state index contributed by atoms with van der Waals surface area (Å²) >= 11 is 0. The van der Waals surface area contributed by atoms with Crippen LogP contribution in [0.15, 0.2) is 196 Å². The van der Waals surface area contributed by atoms with Gasteiger partial charge in [-0.05, 0) is 65.2 Å². The van der Waals surface area contributed by atoms with E-state index in [0.29, 0.717) is 10.8 Å². The van der Waals surface area contributed by atoms with Crippen LogP contribution in [0.3, 0.4) is 0 Å². The molecule has 0 spiro atoms. The molecule has 1 atom stereocenters. The zero-order valence-electron chi connectivity index (χ0n) is 27.9. The van der Waals surface area contributed by atoms with Crippen molar-refractivity contribution in [3.63, 3.8) is 0 Å². The van der Waals surface area contributed by atoms with E-state index in [0.717, 1.165) is 76.7 Å². The molecule has 6 heteroatoms. The molecule has 0 fully saturated rings. The second-order valence-corrected chi connectivity index (χ2v) is 15.1. The molecule has 3 heterocycles. The third kappa shape index (κ3) is 4.80. The third-order valence-corrected chi connectivity index (χ3v) is 12.2. The van der Waals surface area contributed by atoms with Crippen LogP contribution in [0.25, 0.3) is 66.6 Å². The fourth-order valence-electron chi connectivity index (χ4n) is 7.42. The van der Waals surface area contributed by atoms with E-state index in [4.69, 9.17) is 14.3 Å². The summed E-state index contributed by atoms with van der Waals surface area (Å²) in [5, 5.41) is 3.27. The first-order valence-corrected chi connectivity index (χ1v) is 18.7. The Kier molecular flexibility index (Phi) is 6.98. The molecule has 0 N–H and O–H groups in total. The zero-order valence-corrected chi connectivity index (χ0v) is 28.7. The first kappa shape index (κ1) is 30.2. The van der Waals surface area contributed by atoms with Crippen LogP contribution in [0.5, 0.6) is 0 Å². The summed E-state index contributed by atoms with van der Waals surface area (Å²) in [6, 6.07) is 59.6. The Morgan fingerprint density at radius 3 is 2.00 bits per heavy atom. The maximum absolute atomic E-state index is 14.4. The van der Waals surface area contributed by atoms with Crippen molar-refractivity contribution in [1.82, 2.24) is 14.5 Å². The lowest BCUT2D eigenvalue weighted by molar-refractivity contribution is 0.676. The Bertz CT molecular complexity index is 3010. The molecule has 5 nitrogen and oxygen atoms in total. The molecule has 52 heavy (non-hydrogen) atoms. The number of nitrogens with zero attached hydrogens (tertiary/aromatic N) is 4. The van der Waals surface area contributed by atoms with Crippen molar-refractivity contribution in [2.45, 2.75) is 9.79 Å². The molecule has 1 aliphatic rings. The fourth-order valence-corrected chi connectivity index (χ4v) is 9.43. The van der Waals surface area contributed by atoms with Crippen molar-refractivity contribution in [3.8, 4) is 28.3 Å². The molecule has 1 unspecified atom stereocenters. The molecule has 9 aromatic rings. The molecule has 0 radical (unpaired) electrons. The van der Waals surface area contributed by atoms with Gasteiger partial charge < -0.3 is 0 Å². The standard InChI is InChI=1S/C46H30N4OS/c51-52(35-18-5-2-6-19-35)44-25-12-9-21-37(44)40(30-47-52)34-17-13-16-32(28-34)33-26-27-43-39(29-33)36-20-8-11-24-42(36)50(43)46-48-41-23-10-7-22-38(41)45(49-46)31-14-3-1-4-15-31/h1-30H. The van der Waals surface area contributed by atoms with Crippen molar-refractivity contribution in [2.75, 3.05) is 0 Å². The molecular weight excluding hydrogens is 657 g/mol. The van der Waals surface area contributed by atoms with Gasteiger partial charge in [-0.1, -0.05) is 127 Å². The molecule has 0 bridgehead atoms. The SMILES string of the molecule is O=S1(c2ccccc2)=NC=C(c2cccc(-c3ccc4c(c3)c3ccccc3n4-c3nc(-c4ccccc4)c4ccccc4n3)c2)c2ccccc21. The fraction of sp³-hybridized carbons (Fsp3) is 0. The van der Waals surface area contributed by atoms with Crippen molar-refractivity contribution in [2.24, 2.45) is 4.36 Å². The van der Waals surface area contributed by atoms with Crippen molar-refractivity contribution in [3.05, 3.63) is 193 Å². The highest BCUT2D eigenvalue weighted by atomic mass is 32.2. The van der Waals surface area contributed by atoms with Crippen LogP contribution in [0.1, 0.15) is 11.1 Å². The number of fused-ring (bicyclic) bond motifs is 5. The van der Waals surface area contributed by atoms with Crippen LogP contribution >= 0.6 is 0 Å². The van der Waals surface area contributed by atoms with E-state index in [1.165, 1.54) is 0 Å². The second kappa shape index (κ2) is 12.0. The number of aromatic nitrogens is 3. The van der Waals surface area contributed by atoms with Gasteiger partial charge in [0, 0.05) is 39.1 Å². The second-order valence-electron chi connectivity index (χ2n) is 12.9. The van der Waals surface area contributed by atoms with Gasteiger partial charge in [0.05, 0.1) is 32.0 Å². The summed E-state index contributed by atoms with van der Waals surface area (Å²) in [4.78, 5) is 11.8. The van der Waals surface area contributed by atoms with Crippen molar-refractivity contribution >= 4 is 48.0 Å². The van der Waals surface area contributed by atoms with E-state index in [1.54, 1.807) is 6.20 Å². The lowest BCUT2D eigenvalue weighted by atomic mass is 9.94. The molecule has 0 saturated heterocycles. The van der Waals surface area contributed by atoms with Crippen LogP contribution < -0.4 is 0 Å². The van der Waals surface area contributed by atoms with E-state index < -0.39 is 9.73 Å². The molecule has 246 valence electrons. The maximum atomic E-state index is 14.4. The number of hydrogen-bond donors (Lipinski definition) is 0. The lowest BCUT2D eigenvalue weighted by Gasteiger charge is -2.21. The van der Waals surface area contributed by atoms with Crippen LogP contribution in [-0.2, 0) is 9.73 Å². The predicted molar refractivity (Wildman–Crippen MR) is 212 cm³/mol. The van der Waals surface area contributed by atoms with Crippen molar-refractivity contribution < 1.29 is 4.21 Å². The highest BCUT2D eigenvalue weighted by Crippen LogP contribution is 2.40. The van der Waals surface area contributed by atoms with E-state index in [2.05, 4.69) is 95.6 Å². The monoisotopic (exact) mass is 686 g/mol. The number of benzene rings is 7. The van der Waals surface area contributed by atoms with E-state index in [9.17, 15) is 4.21 Å². The van der Waals surface area contributed by atoms with Gasteiger partial charge in [-0.2, -0.15) is 4.36 Å². The first-order valence-electron chi connectivity index (χ1n) is 17.2. The van der Waals surface area contributed by atoms with E-state index in [-0.39, 0.29) is 0 Å². The topological polar surface area (TPSA) is 60.1 Å². The number of hydrogen-bond acceptors (Lipinski definition) is 4. The van der Waals surface area contributed by atoms with Crippen molar-refractivity contribution in [1.29, 1.82) is 0 Å². The van der Waals surface area contributed by atoms with Crippen LogP contribution in [-0.4, -0.2) is 18.7 Å². The van der Waals surface area contributed by atoms with Crippen LogP contribution in [0.4, 0.5) is 0 Å². The highest BCUT2D eigenvalue weighted by molar-refractivity contribution is 7.94. The highest BCUT2D eigenvalue weighted by Gasteiger charge is 2.25. The summed E-state index contributed by atoms with van der Waals surface area (Å²) in [6.07, 6.45) is 1.79. The van der Waals surface area contributed by atoms with E-state index in [1.807, 2.05) is 84.9 Å². The normalized spacial score (nSPS) is 15.3. The molecule has 0 aliphatic carbocycles. The summed E-state index contributed by atoms with van der Waals surface area (Å²) in [6.45, 7) is 0.